The fraction of sp³-hybridized carbons (Fsp3) is 0.455. The average Bonchev–Trinajstić information content (AvgIpc) is 2.66. The van der Waals surface area contributed by atoms with Crippen molar-refractivity contribution in [2.45, 2.75) is 45.4 Å². The summed E-state index contributed by atoms with van der Waals surface area (Å²) in [5.74, 6) is 2.16. The fourth-order valence-electron chi connectivity index (χ4n) is 2.76. The topological polar surface area (TPSA) is 44.5 Å². The van der Waals surface area contributed by atoms with Crippen molar-refractivity contribution in [2.75, 3.05) is 19.8 Å². The van der Waals surface area contributed by atoms with E-state index in [-0.39, 0.29) is 5.92 Å². The zero-order valence-electron chi connectivity index (χ0n) is 15.5. The molecule has 3 nitrogen and oxygen atoms in total. The van der Waals surface area contributed by atoms with E-state index in [2.05, 4.69) is 50.2 Å². The largest absolute Gasteiger partial charge is 0.494 e. The standard InChI is InChI=1S/C22H31NO2/c1-3-5-14-25-21-11-9-18(10-12-21)15-20(17-23)19-7-6-8-22(16-19)24-13-4-2/h6-12,16,20H,3-5,13-15,17,23H2,1-2H3. The molecule has 0 aliphatic heterocycles. The minimum Gasteiger partial charge on any atom is -0.494 e. The van der Waals surface area contributed by atoms with E-state index >= 15 is 0 Å². The maximum atomic E-state index is 6.05. The molecule has 1 unspecified atom stereocenters. The lowest BCUT2D eigenvalue weighted by Crippen LogP contribution is -2.15. The van der Waals surface area contributed by atoms with Gasteiger partial charge >= 0.3 is 0 Å². The Bertz CT molecular complexity index is 610. The summed E-state index contributed by atoms with van der Waals surface area (Å²) in [5, 5.41) is 0. The van der Waals surface area contributed by atoms with Gasteiger partial charge in [0.15, 0.2) is 0 Å². The molecule has 0 bridgehead atoms. The third-order valence-corrected chi connectivity index (χ3v) is 4.26. The first-order valence-corrected chi connectivity index (χ1v) is 9.41. The second-order valence-corrected chi connectivity index (χ2v) is 6.40. The van der Waals surface area contributed by atoms with Crippen molar-refractivity contribution >= 4 is 0 Å². The molecule has 0 amide bonds. The quantitative estimate of drug-likeness (QED) is 0.589. The third kappa shape index (κ3) is 6.43. The molecule has 3 heteroatoms. The highest BCUT2D eigenvalue weighted by atomic mass is 16.5. The maximum Gasteiger partial charge on any atom is 0.119 e. The molecule has 0 heterocycles. The van der Waals surface area contributed by atoms with Crippen LogP contribution < -0.4 is 15.2 Å². The van der Waals surface area contributed by atoms with Gasteiger partial charge in [0.2, 0.25) is 0 Å². The lowest BCUT2D eigenvalue weighted by atomic mass is 9.92. The van der Waals surface area contributed by atoms with Gasteiger partial charge in [-0.05, 0) is 61.2 Å². The summed E-state index contributed by atoms with van der Waals surface area (Å²) in [4.78, 5) is 0. The molecule has 136 valence electrons. The first kappa shape index (κ1) is 19.3. The second kappa shape index (κ2) is 10.8. The molecule has 0 aliphatic carbocycles. The number of benzene rings is 2. The van der Waals surface area contributed by atoms with Crippen molar-refractivity contribution in [3.63, 3.8) is 0 Å². The van der Waals surface area contributed by atoms with Gasteiger partial charge in [-0.15, -0.1) is 0 Å². The van der Waals surface area contributed by atoms with Gasteiger partial charge in [-0.2, -0.15) is 0 Å². The summed E-state index contributed by atoms with van der Waals surface area (Å²) in [6, 6.07) is 16.7. The minimum absolute atomic E-state index is 0.289. The van der Waals surface area contributed by atoms with Gasteiger partial charge in [0.25, 0.3) is 0 Å². The molecule has 2 aromatic carbocycles. The van der Waals surface area contributed by atoms with Crippen LogP contribution in [0.2, 0.25) is 0 Å². The van der Waals surface area contributed by atoms with Crippen molar-refractivity contribution in [1.82, 2.24) is 0 Å². The van der Waals surface area contributed by atoms with E-state index in [1.54, 1.807) is 0 Å². The van der Waals surface area contributed by atoms with Crippen molar-refractivity contribution in [2.24, 2.45) is 5.73 Å². The van der Waals surface area contributed by atoms with E-state index in [4.69, 9.17) is 15.2 Å². The first-order chi connectivity index (χ1) is 12.3. The summed E-state index contributed by atoms with van der Waals surface area (Å²) < 4.78 is 11.5. The zero-order chi connectivity index (χ0) is 17.9. The predicted molar refractivity (Wildman–Crippen MR) is 105 cm³/mol. The number of nitrogens with two attached hydrogens (primary N) is 1. The van der Waals surface area contributed by atoms with Crippen LogP contribution in [0.25, 0.3) is 0 Å². The normalized spacial score (nSPS) is 12.0. The Kier molecular flexibility index (Phi) is 8.33. The van der Waals surface area contributed by atoms with E-state index in [9.17, 15) is 0 Å². The number of hydrogen-bond donors (Lipinski definition) is 1. The third-order valence-electron chi connectivity index (χ3n) is 4.26. The van der Waals surface area contributed by atoms with Crippen molar-refractivity contribution in [3.05, 3.63) is 59.7 Å². The molecule has 0 aromatic heterocycles. The van der Waals surface area contributed by atoms with Gasteiger partial charge in [-0.1, -0.05) is 44.5 Å². The second-order valence-electron chi connectivity index (χ2n) is 6.40. The highest BCUT2D eigenvalue weighted by molar-refractivity contribution is 5.34. The van der Waals surface area contributed by atoms with E-state index in [0.717, 1.165) is 50.4 Å². The molecule has 0 spiro atoms. The smallest absolute Gasteiger partial charge is 0.119 e. The van der Waals surface area contributed by atoms with Gasteiger partial charge in [0.05, 0.1) is 13.2 Å². The number of rotatable bonds is 11. The van der Waals surface area contributed by atoms with E-state index in [1.165, 1.54) is 11.1 Å². The predicted octanol–water partition coefficient (Wildman–Crippen LogP) is 4.94. The van der Waals surface area contributed by atoms with Crippen molar-refractivity contribution < 1.29 is 9.47 Å². The molecule has 2 N–H and O–H groups in total. The number of unbranched alkanes of at least 4 members (excludes halogenated alkanes) is 1. The van der Waals surface area contributed by atoms with Crippen LogP contribution in [0.1, 0.15) is 50.2 Å². The van der Waals surface area contributed by atoms with E-state index in [1.807, 2.05) is 12.1 Å². The first-order valence-electron chi connectivity index (χ1n) is 9.41. The summed E-state index contributed by atoms with van der Waals surface area (Å²) in [7, 11) is 0. The number of hydrogen-bond acceptors (Lipinski definition) is 3. The van der Waals surface area contributed by atoms with Gasteiger partial charge in [0.1, 0.15) is 11.5 Å². The Labute approximate surface area is 152 Å². The lowest BCUT2D eigenvalue weighted by Gasteiger charge is -2.17. The van der Waals surface area contributed by atoms with Crippen molar-refractivity contribution in [3.8, 4) is 11.5 Å². The van der Waals surface area contributed by atoms with Crippen LogP contribution >= 0.6 is 0 Å². The molecule has 0 aliphatic rings. The summed E-state index contributed by atoms with van der Waals surface area (Å²) in [6.07, 6.45) is 4.17. The highest BCUT2D eigenvalue weighted by Gasteiger charge is 2.12. The highest BCUT2D eigenvalue weighted by Crippen LogP contribution is 2.25. The van der Waals surface area contributed by atoms with Crippen molar-refractivity contribution in [1.29, 1.82) is 0 Å². The van der Waals surface area contributed by atoms with Gasteiger partial charge in [-0.3, -0.25) is 0 Å². The summed E-state index contributed by atoms with van der Waals surface area (Å²) in [6.45, 7) is 6.43. The Morgan fingerprint density at radius 3 is 2.32 bits per heavy atom. The lowest BCUT2D eigenvalue weighted by molar-refractivity contribution is 0.309. The summed E-state index contributed by atoms with van der Waals surface area (Å²) in [5.41, 5.74) is 8.56. The Hall–Kier alpha value is -2.00. The van der Waals surface area contributed by atoms with Crippen LogP contribution in [-0.2, 0) is 6.42 Å². The molecule has 0 saturated carbocycles. The minimum atomic E-state index is 0.289. The molecule has 0 radical (unpaired) electrons. The van der Waals surface area contributed by atoms with Crippen LogP contribution in [0.15, 0.2) is 48.5 Å². The van der Waals surface area contributed by atoms with Gasteiger partial charge in [-0.25, -0.2) is 0 Å². The van der Waals surface area contributed by atoms with Crippen LogP contribution in [-0.4, -0.2) is 19.8 Å². The zero-order valence-corrected chi connectivity index (χ0v) is 15.5. The summed E-state index contributed by atoms with van der Waals surface area (Å²) >= 11 is 0. The SMILES string of the molecule is CCCCOc1ccc(CC(CN)c2cccc(OCCC)c2)cc1. The molecule has 25 heavy (non-hydrogen) atoms. The van der Waals surface area contributed by atoms with Crippen LogP contribution in [0.5, 0.6) is 11.5 Å². The molecular weight excluding hydrogens is 310 g/mol. The molecule has 2 aromatic rings. The monoisotopic (exact) mass is 341 g/mol. The van der Waals surface area contributed by atoms with E-state index < -0.39 is 0 Å². The van der Waals surface area contributed by atoms with Gasteiger partial charge < -0.3 is 15.2 Å². The average molecular weight is 341 g/mol. The van der Waals surface area contributed by atoms with Crippen LogP contribution in [0, 0.1) is 0 Å². The van der Waals surface area contributed by atoms with E-state index in [0.29, 0.717) is 6.54 Å². The fourth-order valence-corrected chi connectivity index (χ4v) is 2.76. The molecular formula is C22H31NO2. The molecule has 0 fully saturated rings. The Morgan fingerprint density at radius 1 is 0.880 bits per heavy atom. The van der Waals surface area contributed by atoms with Gasteiger partial charge in [0, 0.05) is 5.92 Å². The van der Waals surface area contributed by atoms with Crippen LogP contribution in [0.3, 0.4) is 0 Å². The molecule has 0 saturated heterocycles. The Morgan fingerprint density at radius 2 is 1.64 bits per heavy atom. The Balaban J connectivity index is 1.99. The molecule has 1 atom stereocenters. The number of ether oxygens (including phenoxy) is 2. The maximum absolute atomic E-state index is 6.05. The molecule has 2 rings (SSSR count). The van der Waals surface area contributed by atoms with Crippen LogP contribution in [0.4, 0.5) is 0 Å².